The number of hydrogen-bond donors (Lipinski definition) is 0. The van der Waals surface area contributed by atoms with E-state index >= 15 is 0 Å². The van der Waals surface area contributed by atoms with Crippen molar-refractivity contribution in [3.63, 3.8) is 0 Å². The van der Waals surface area contributed by atoms with Crippen LogP contribution in [0.4, 0.5) is 0 Å². The maximum absolute atomic E-state index is 2.54. The molecule has 1 aliphatic heterocycles. The molecule has 0 N–H and O–H groups in total. The second-order valence-electron chi connectivity index (χ2n) is 7.70. The fourth-order valence-corrected chi connectivity index (χ4v) is 6.56. The maximum atomic E-state index is 2.54. The van der Waals surface area contributed by atoms with Gasteiger partial charge in [-0.1, -0.05) is 44.6 Å². The molecule has 0 aromatic carbocycles. The molecule has 0 bridgehead atoms. The van der Waals surface area contributed by atoms with Crippen molar-refractivity contribution in [3.05, 3.63) is 21.9 Å². The quantitative estimate of drug-likeness (QED) is 0.549. The third kappa shape index (κ3) is 2.75. The highest BCUT2D eigenvalue weighted by Crippen LogP contribution is 2.55. The minimum atomic E-state index is -1.12. The SMILES string of the molecule is CC(C)=C(C)C1=C(C)[Si](C)(C)C1CC(C)(C)C. The fourth-order valence-electron chi connectivity index (χ4n) is 2.93. The van der Waals surface area contributed by atoms with Crippen molar-refractivity contribution in [1.82, 2.24) is 0 Å². The Labute approximate surface area is 109 Å². The van der Waals surface area contributed by atoms with Crippen LogP contribution < -0.4 is 0 Å². The molecule has 0 aromatic heterocycles. The molecule has 98 valence electrons. The van der Waals surface area contributed by atoms with Crippen molar-refractivity contribution in [1.29, 1.82) is 0 Å². The number of rotatable bonds is 2. The average molecular weight is 251 g/mol. The van der Waals surface area contributed by atoms with E-state index in [1.165, 1.54) is 12.0 Å². The van der Waals surface area contributed by atoms with Crippen LogP contribution in [0, 0.1) is 5.41 Å². The first-order chi connectivity index (χ1) is 7.48. The molecule has 1 rings (SSSR count). The first kappa shape index (κ1) is 14.8. The van der Waals surface area contributed by atoms with Crippen molar-refractivity contribution in [2.45, 2.75) is 73.5 Å². The van der Waals surface area contributed by atoms with E-state index < -0.39 is 8.07 Å². The zero-order valence-electron chi connectivity index (χ0n) is 13.3. The van der Waals surface area contributed by atoms with E-state index in [1.807, 2.05) is 0 Å². The summed E-state index contributed by atoms with van der Waals surface area (Å²) in [5, 5.41) is 1.74. The number of allylic oxidation sites excluding steroid dienone is 4. The lowest BCUT2D eigenvalue weighted by atomic mass is 9.85. The van der Waals surface area contributed by atoms with Gasteiger partial charge in [0.25, 0.3) is 0 Å². The fraction of sp³-hybridized carbons (Fsp3) is 0.750. The molecule has 0 aromatic rings. The Kier molecular flexibility index (Phi) is 3.84. The molecule has 0 nitrogen and oxygen atoms in total. The molecule has 0 spiro atoms. The zero-order chi connectivity index (χ0) is 13.6. The van der Waals surface area contributed by atoms with Gasteiger partial charge in [-0.25, -0.2) is 0 Å². The monoisotopic (exact) mass is 250 g/mol. The van der Waals surface area contributed by atoms with E-state index in [-0.39, 0.29) is 0 Å². The molecular formula is C16H30Si. The topological polar surface area (TPSA) is 0 Å². The second kappa shape index (κ2) is 4.42. The minimum Gasteiger partial charge on any atom is -0.0798 e. The summed E-state index contributed by atoms with van der Waals surface area (Å²) < 4.78 is 0. The summed E-state index contributed by atoms with van der Waals surface area (Å²) in [5.41, 5.74) is 6.07. The Bertz CT molecular complexity index is 371. The Morgan fingerprint density at radius 3 is 1.94 bits per heavy atom. The van der Waals surface area contributed by atoms with E-state index in [2.05, 4.69) is 61.6 Å². The van der Waals surface area contributed by atoms with E-state index in [1.54, 1.807) is 16.3 Å². The predicted molar refractivity (Wildman–Crippen MR) is 82.1 cm³/mol. The standard InChI is InChI=1S/C16H30Si/c1-11(2)12(3)15-13(4)17(8,9)14(15)10-16(5,6)7/h14H,10H2,1-9H3. The maximum Gasteiger partial charge on any atom is 0.0828 e. The first-order valence-electron chi connectivity index (χ1n) is 6.84. The lowest BCUT2D eigenvalue weighted by Gasteiger charge is -2.50. The van der Waals surface area contributed by atoms with Gasteiger partial charge in [0.1, 0.15) is 0 Å². The van der Waals surface area contributed by atoms with Gasteiger partial charge in [0.2, 0.25) is 0 Å². The van der Waals surface area contributed by atoms with Crippen LogP contribution in [0.3, 0.4) is 0 Å². The van der Waals surface area contributed by atoms with E-state index in [0.717, 1.165) is 5.54 Å². The van der Waals surface area contributed by atoms with Gasteiger partial charge in [-0.2, -0.15) is 0 Å². The van der Waals surface area contributed by atoms with Crippen LogP contribution in [0.5, 0.6) is 0 Å². The molecule has 1 aliphatic rings. The third-order valence-corrected chi connectivity index (χ3v) is 9.00. The van der Waals surface area contributed by atoms with Crippen LogP contribution in [-0.4, -0.2) is 8.07 Å². The van der Waals surface area contributed by atoms with Gasteiger partial charge < -0.3 is 0 Å². The Hall–Kier alpha value is -0.303. The van der Waals surface area contributed by atoms with E-state index in [9.17, 15) is 0 Å². The van der Waals surface area contributed by atoms with Gasteiger partial charge in [-0.05, 0) is 56.2 Å². The summed E-state index contributed by atoms with van der Waals surface area (Å²) in [6.07, 6.45) is 1.35. The molecule has 1 unspecified atom stereocenters. The van der Waals surface area contributed by atoms with Crippen molar-refractivity contribution in [3.8, 4) is 0 Å². The Morgan fingerprint density at radius 2 is 1.59 bits per heavy atom. The summed E-state index contributed by atoms with van der Waals surface area (Å²) in [6, 6.07) is 0. The Morgan fingerprint density at radius 1 is 1.12 bits per heavy atom. The van der Waals surface area contributed by atoms with Crippen molar-refractivity contribution in [2.75, 3.05) is 0 Å². The molecule has 1 heterocycles. The lowest BCUT2D eigenvalue weighted by molar-refractivity contribution is 0.371. The van der Waals surface area contributed by atoms with Gasteiger partial charge in [0, 0.05) is 0 Å². The van der Waals surface area contributed by atoms with Crippen molar-refractivity contribution >= 4 is 8.07 Å². The van der Waals surface area contributed by atoms with Crippen molar-refractivity contribution < 1.29 is 0 Å². The largest absolute Gasteiger partial charge is 0.0828 e. The van der Waals surface area contributed by atoms with Crippen molar-refractivity contribution in [2.24, 2.45) is 5.41 Å². The van der Waals surface area contributed by atoms with Gasteiger partial charge in [-0.15, -0.1) is 0 Å². The molecule has 0 amide bonds. The van der Waals surface area contributed by atoms with Gasteiger partial charge >= 0.3 is 0 Å². The van der Waals surface area contributed by atoms with E-state index in [4.69, 9.17) is 0 Å². The summed E-state index contributed by atoms with van der Waals surface area (Å²) >= 11 is 0. The van der Waals surface area contributed by atoms with E-state index in [0.29, 0.717) is 5.41 Å². The molecule has 0 radical (unpaired) electrons. The molecule has 1 heteroatoms. The lowest BCUT2D eigenvalue weighted by Crippen LogP contribution is -2.47. The highest BCUT2D eigenvalue weighted by molar-refractivity contribution is 6.89. The number of hydrogen-bond acceptors (Lipinski definition) is 0. The molecule has 17 heavy (non-hydrogen) atoms. The zero-order valence-corrected chi connectivity index (χ0v) is 14.3. The molecular weight excluding hydrogens is 220 g/mol. The average Bonchev–Trinajstić information content (AvgIpc) is 2.14. The van der Waals surface area contributed by atoms with Gasteiger partial charge in [-0.3, -0.25) is 0 Å². The normalized spacial score (nSPS) is 23.5. The van der Waals surface area contributed by atoms with Gasteiger partial charge in [0.05, 0.1) is 8.07 Å². The summed E-state index contributed by atoms with van der Waals surface area (Å²) in [4.78, 5) is 0. The highest BCUT2D eigenvalue weighted by atomic mass is 28.3. The Balaban J connectivity index is 3.12. The minimum absolute atomic E-state index is 0.447. The molecule has 1 atom stereocenters. The third-order valence-electron chi connectivity index (χ3n) is 4.56. The first-order valence-corrected chi connectivity index (χ1v) is 9.92. The summed E-state index contributed by atoms with van der Waals surface area (Å²) in [6.45, 7) is 21.4. The van der Waals surface area contributed by atoms with Crippen LogP contribution in [0.15, 0.2) is 21.9 Å². The molecule has 0 fully saturated rings. The smallest absolute Gasteiger partial charge is 0.0798 e. The van der Waals surface area contributed by atoms with Crippen LogP contribution in [0.25, 0.3) is 0 Å². The van der Waals surface area contributed by atoms with Crippen LogP contribution in [0.2, 0.25) is 18.6 Å². The summed E-state index contributed by atoms with van der Waals surface area (Å²) in [5.74, 6) is 0. The van der Waals surface area contributed by atoms with Crippen LogP contribution in [0.1, 0.15) is 54.9 Å². The summed E-state index contributed by atoms with van der Waals surface area (Å²) in [7, 11) is -1.12. The predicted octanol–water partition coefficient (Wildman–Crippen LogP) is 5.73. The highest BCUT2D eigenvalue weighted by Gasteiger charge is 2.47. The second-order valence-corrected chi connectivity index (χ2v) is 12.6. The van der Waals surface area contributed by atoms with Crippen LogP contribution >= 0.6 is 0 Å². The molecule has 0 saturated heterocycles. The molecule has 0 aliphatic carbocycles. The van der Waals surface area contributed by atoms with Gasteiger partial charge in [0.15, 0.2) is 0 Å². The molecule has 0 saturated carbocycles. The van der Waals surface area contributed by atoms with Crippen LogP contribution in [-0.2, 0) is 0 Å².